The van der Waals surface area contributed by atoms with Crippen molar-refractivity contribution in [1.82, 2.24) is 13.9 Å². The molecule has 4 aromatic rings. The third-order valence-corrected chi connectivity index (χ3v) is 8.61. The monoisotopic (exact) mass is 596 g/mol. The zero-order valence-corrected chi connectivity index (χ0v) is 25.2. The summed E-state index contributed by atoms with van der Waals surface area (Å²) in [5.41, 5.74) is 2.65. The highest BCUT2D eigenvalue weighted by Gasteiger charge is 2.38. The van der Waals surface area contributed by atoms with E-state index >= 15 is 0 Å². The zero-order chi connectivity index (χ0) is 30.1. The maximum absolute atomic E-state index is 13.9. The molecular weight excluding hydrogens is 569 g/mol. The van der Waals surface area contributed by atoms with Gasteiger partial charge >= 0.3 is 0 Å². The molecular formula is C31H28N6O3S2. The molecule has 5 rings (SSSR count). The van der Waals surface area contributed by atoms with Crippen LogP contribution >= 0.6 is 24.0 Å². The topological polar surface area (TPSA) is 105 Å². The summed E-state index contributed by atoms with van der Waals surface area (Å²) in [7, 11) is 1.76. The quantitative estimate of drug-likeness (QED) is 0.240. The van der Waals surface area contributed by atoms with Crippen LogP contribution < -0.4 is 21.3 Å². The van der Waals surface area contributed by atoms with E-state index in [1.807, 2.05) is 73.7 Å². The largest absolute Gasteiger partial charge is 0.367 e. The van der Waals surface area contributed by atoms with Gasteiger partial charge in [-0.1, -0.05) is 72.5 Å². The van der Waals surface area contributed by atoms with E-state index in [1.54, 1.807) is 31.7 Å². The van der Waals surface area contributed by atoms with E-state index in [4.69, 9.17) is 12.2 Å². The number of hydrogen-bond acceptors (Lipinski definition) is 7. The summed E-state index contributed by atoms with van der Waals surface area (Å²) in [5.74, 6) is 0.0487. The highest BCUT2D eigenvalue weighted by molar-refractivity contribution is 8.27. The predicted octanol–water partition coefficient (Wildman–Crippen LogP) is 4.86. The first-order chi connectivity index (χ1) is 20.2. The Kier molecular flexibility index (Phi) is 8.02. The van der Waals surface area contributed by atoms with Crippen molar-refractivity contribution in [3.63, 3.8) is 0 Å². The highest BCUT2D eigenvalue weighted by Crippen LogP contribution is 2.38. The first-order valence-corrected chi connectivity index (χ1v) is 14.5. The van der Waals surface area contributed by atoms with Crippen LogP contribution in [0.2, 0.25) is 0 Å². The molecule has 1 fully saturated rings. The molecule has 1 N–H and O–H groups in total. The lowest BCUT2D eigenvalue weighted by Gasteiger charge is -2.19. The van der Waals surface area contributed by atoms with Gasteiger partial charge in [0.25, 0.3) is 17.0 Å². The molecule has 0 bridgehead atoms. The fourth-order valence-corrected chi connectivity index (χ4v) is 6.29. The maximum Gasteiger partial charge on any atom is 0.296 e. The summed E-state index contributed by atoms with van der Waals surface area (Å²) in [4.78, 5) is 42.3. The number of amides is 1. The van der Waals surface area contributed by atoms with Gasteiger partial charge in [-0.2, -0.15) is 5.26 Å². The van der Waals surface area contributed by atoms with Gasteiger partial charge in [0.15, 0.2) is 4.32 Å². The minimum Gasteiger partial charge on any atom is -0.367 e. The van der Waals surface area contributed by atoms with E-state index in [0.717, 1.165) is 17.3 Å². The number of nitrogens with zero attached hydrogens (tertiary/aromatic N) is 5. The first kappa shape index (κ1) is 28.9. The predicted molar refractivity (Wildman–Crippen MR) is 171 cm³/mol. The van der Waals surface area contributed by atoms with E-state index in [0.29, 0.717) is 41.4 Å². The van der Waals surface area contributed by atoms with Crippen molar-refractivity contribution in [3.05, 3.63) is 114 Å². The van der Waals surface area contributed by atoms with Crippen LogP contribution in [0.5, 0.6) is 0 Å². The average molecular weight is 597 g/mol. The normalized spacial score (nSPS) is 14.1. The van der Waals surface area contributed by atoms with E-state index in [2.05, 4.69) is 5.32 Å². The van der Waals surface area contributed by atoms with Crippen LogP contribution in [0.4, 0.5) is 11.5 Å². The number of aromatic nitrogens is 3. The SMILES string of the molecule is CCn1c(NCc2ccccc2)c(/C=C2/SC(=S)N(c3c(C)n(C)n(-c4ccccc4)c3=O)C2=O)c(C)c(C#N)c1=O. The van der Waals surface area contributed by atoms with Gasteiger partial charge in [-0.15, -0.1) is 0 Å². The molecule has 0 radical (unpaired) electrons. The molecule has 1 aliphatic rings. The number of nitrogens with one attached hydrogen (secondary N) is 1. The van der Waals surface area contributed by atoms with Gasteiger partial charge in [0.2, 0.25) is 0 Å². The Morgan fingerprint density at radius 3 is 2.26 bits per heavy atom. The Morgan fingerprint density at radius 1 is 1.00 bits per heavy atom. The number of carbonyl (C=O) groups excluding carboxylic acids is 1. The van der Waals surface area contributed by atoms with Crippen LogP contribution in [0.25, 0.3) is 11.8 Å². The summed E-state index contributed by atoms with van der Waals surface area (Å²) in [6, 6.07) is 20.9. The zero-order valence-electron chi connectivity index (χ0n) is 23.5. The molecule has 9 nitrogen and oxygen atoms in total. The highest BCUT2D eigenvalue weighted by atomic mass is 32.2. The van der Waals surface area contributed by atoms with Crippen molar-refractivity contribution >= 4 is 51.8 Å². The lowest BCUT2D eigenvalue weighted by atomic mass is 10.0. The summed E-state index contributed by atoms with van der Waals surface area (Å²) < 4.78 is 4.92. The molecule has 0 saturated carbocycles. The molecule has 0 aliphatic carbocycles. The van der Waals surface area contributed by atoms with Gasteiger partial charge in [-0.05, 0) is 50.1 Å². The molecule has 1 amide bonds. The smallest absolute Gasteiger partial charge is 0.296 e. The number of para-hydroxylation sites is 1. The summed E-state index contributed by atoms with van der Waals surface area (Å²) in [6.45, 7) is 6.03. The molecule has 0 atom stereocenters. The number of benzene rings is 2. The number of nitriles is 1. The van der Waals surface area contributed by atoms with E-state index in [1.165, 1.54) is 14.1 Å². The Balaban J connectivity index is 1.62. The van der Waals surface area contributed by atoms with E-state index in [9.17, 15) is 19.6 Å². The van der Waals surface area contributed by atoms with E-state index in [-0.39, 0.29) is 26.0 Å². The summed E-state index contributed by atoms with van der Waals surface area (Å²) in [6.07, 6.45) is 1.66. The Bertz CT molecular complexity index is 1910. The second-order valence-corrected chi connectivity index (χ2v) is 11.4. The Hall–Kier alpha value is -4.66. The minimum atomic E-state index is -0.447. The third-order valence-electron chi connectivity index (χ3n) is 7.31. The van der Waals surface area contributed by atoms with Crippen LogP contribution in [-0.2, 0) is 24.9 Å². The van der Waals surface area contributed by atoms with Gasteiger partial charge in [-0.25, -0.2) is 4.68 Å². The van der Waals surface area contributed by atoms with Gasteiger partial charge in [-0.3, -0.25) is 28.5 Å². The van der Waals surface area contributed by atoms with Crippen LogP contribution in [0.1, 0.15) is 34.9 Å². The molecule has 42 heavy (non-hydrogen) atoms. The average Bonchev–Trinajstić information content (AvgIpc) is 3.38. The number of anilines is 2. The molecule has 11 heteroatoms. The number of carbonyl (C=O) groups is 1. The standard InChI is InChI=1S/C31H28N6O3S2/c1-5-35-27(33-18-21-12-8-6-9-13-21)23(19(2)24(17-32)28(35)38)16-25-29(39)36(31(41)42-25)26-20(3)34(4)37(30(26)40)22-14-10-7-11-15-22/h6-16,33H,5,18H2,1-4H3/b25-16+. The van der Waals surface area contributed by atoms with E-state index < -0.39 is 11.5 Å². The third kappa shape index (κ3) is 4.89. The van der Waals surface area contributed by atoms with Gasteiger partial charge in [0.05, 0.1) is 16.3 Å². The van der Waals surface area contributed by atoms with Crippen LogP contribution in [0.15, 0.2) is 75.2 Å². The number of thioether (sulfide) groups is 1. The van der Waals surface area contributed by atoms with Crippen molar-refractivity contribution in [2.24, 2.45) is 7.05 Å². The van der Waals surface area contributed by atoms with Gasteiger partial charge in [0, 0.05) is 25.7 Å². The molecule has 212 valence electrons. The van der Waals surface area contributed by atoms with Crippen molar-refractivity contribution in [2.45, 2.75) is 33.9 Å². The number of rotatable bonds is 7. The Morgan fingerprint density at radius 2 is 1.64 bits per heavy atom. The van der Waals surface area contributed by atoms with Crippen LogP contribution in [-0.4, -0.2) is 24.2 Å². The summed E-state index contributed by atoms with van der Waals surface area (Å²) in [5, 5.41) is 13.2. The number of pyridine rings is 1. The Labute approximate surface area is 252 Å². The second-order valence-electron chi connectivity index (χ2n) is 9.69. The molecule has 2 aromatic carbocycles. The summed E-state index contributed by atoms with van der Waals surface area (Å²) >= 11 is 6.70. The van der Waals surface area contributed by atoms with Crippen molar-refractivity contribution in [2.75, 3.05) is 10.2 Å². The van der Waals surface area contributed by atoms with Gasteiger partial charge < -0.3 is 5.32 Å². The van der Waals surface area contributed by atoms with Crippen molar-refractivity contribution in [1.29, 1.82) is 5.26 Å². The fraction of sp³-hybridized carbons (Fsp3) is 0.194. The lowest BCUT2D eigenvalue weighted by molar-refractivity contribution is -0.113. The second kappa shape index (κ2) is 11.7. The van der Waals surface area contributed by atoms with Crippen molar-refractivity contribution in [3.8, 4) is 11.8 Å². The molecule has 0 spiro atoms. The maximum atomic E-state index is 13.9. The molecule has 2 aromatic heterocycles. The lowest BCUT2D eigenvalue weighted by Crippen LogP contribution is -2.33. The van der Waals surface area contributed by atoms with Crippen LogP contribution in [0, 0.1) is 25.2 Å². The fourth-order valence-electron chi connectivity index (χ4n) is 5.04. The molecule has 1 aliphatic heterocycles. The minimum absolute atomic E-state index is 0.00786. The number of thiocarbonyl (C=S) groups is 1. The molecule has 3 heterocycles. The van der Waals surface area contributed by atoms with Crippen molar-refractivity contribution < 1.29 is 4.79 Å². The first-order valence-electron chi connectivity index (χ1n) is 13.3. The molecule has 0 unspecified atom stereocenters. The molecule has 1 saturated heterocycles. The van der Waals surface area contributed by atoms with Crippen LogP contribution in [0.3, 0.4) is 0 Å². The van der Waals surface area contributed by atoms with Gasteiger partial charge in [0.1, 0.15) is 23.1 Å². The number of hydrogen-bond donors (Lipinski definition) is 1.